The lowest BCUT2D eigenvalue weighted by molar-refractivity contribution is -0.119. The highest BCUT2D eigenvalue weighted by molar-refractivity contribution is 8.01. The lowest BCUT2D eigenvalue weighted by Crippen LogP contribution is -2.24. The van der Waals surface area contributed by atoms with Gasteiger partial charge in [0.2, 0.25) is 11.8 Å². The Kier molecular flexibility index (Phi) is 5.70. The minimum absolute atomic E-state index is 0.00832. The molecule has 1 saturated heterocycles. The normalized spacial score (nSPS) is 16.0. The maximum atomic E-state index is 11.9. The number of rotatable bonds is 7. The second-order valence-corrected chi connectivity index (χ2v) is 9.52. The van der Waals surface area contributed by atoms with Crippen LogP contribution in [0.4, 0.5) is 0 Å². The van der Waals surface area contributed by atoms with Gasteiger partial charge in [0.15, 0.2) is 0 Å². The van der Waals surface area contributed by atoms with Crippen LogP contribution in [0.3, 0.4) is 0 Å². The average Bonchev–Trinajstić information content (AvgIpc) is 3.51. The fourth-order valence-corrected chi connectivity index (χ4v) is 5.65. The van der Waals surface area contributed by atoms with E-state index in [2.05, 4.69) is 27.8 Å². The largest absolute Gasteiger partial charge is 0.493 e. The van der Waals surface area contributed by atoms with E-state index in [1.807, 2.05) is 43.3 Å². The molecule has 3 heterocycles. The van der Waals surface area contributed by atoms with E-state index < -0.39 is 0 Å². The number of nitrogens with zero attached hydrogens (tertiary/aromatic N) is 1. The van der Waals surface area contributed by atoms with Crippen molar-refractivity contribution in [1.29, 1.82) is 0 Å². The molecular formula is C24H22N2O3S2. The lowest BCUT2D eigenvalue weighted by atomic mass is 10.1. The first kappa shape index (κ1) is 20.2. The number of oxazole rings is 1. The molecule has 1 unspecified atom stereocenters. The van der Waals surface area contributed by atoms with Crippen LogP contribution in [0.25, 0.3) is 21.5 Å². The van der Waals surface area contributed by atoms with Gasteiger partial charge in [0.05, 0.1) is 23.4 Å². The summed E-state index contributed by atoms with van der Waals surface area (Å²) < 4.78 is 13.2. The molecule has 0 aliphatic carbocycles. The highest BCUT2D eigenvalue weighted by Crippen LogP contribution is 2.35. The van der Waals surface area contributed by atoms with Gasteiger partial charge >= 0.3 is 0 Å². The van der Waals surface area contributed by atoms with E-state index >= 15 is 0 Å². The monoisotopic (exact) mass is 450 g/mol. The molecule has 1 amide bonds. The van der Waals surface area contributed by atoms with Crippen molar-refractivity contribution in [2.24, 2.45) is 0 Å². The van der Waals surface area contributed by atoms with Gasteiger partial charge in [-0.05, 0) is 48.6 Å². The van der Waals surface area contributed by atoms with E-state index in [9.17, 15) is 4.79 Å². The summed E-state index contributed by atoms with van der Waals surface area (Å²) in [5.41, 5.74) is 3.09. The number of carbonyl (C=O) groups excluding carboxylic acids is 1. The predicted octanol–water partition coefficient (Wildman–Crippen LogP) is 5.22. The quantitative estimate of drug-likeness (QED) is 0.418. The van der Waals surface area contributed by atoms with Crippen molar-refractivity contribution in [2.45, 2.75) is 25.0 Å². The SMILES string of the molecule is Cc1oc(-c2ccccc2)nc1CCOc1ccc(CC2SCNC2=O)c2sccc12. The van der Waals surface area contributed by atoms with Gasteiger partial charge < -0.3 is 14.5 Å². The van der Waals surface area contributed by atoms with Gasteiger partial charge in [-0.15, -0.1) is 23.1 Å². The van der Waals surface area contributed by atoms with E-state index in [0.29, 0.717) is 24.8 Å². The van der Waals surface area contributed by atoms with Crippen LogP contribution in [0, 0.1) is 6.92 Å². The molecular weight excluding hydrogens is 428 g/mol. The Bertz CT molecular complexity index is 1220. The number of aryl methyl sites for hydroxylation is 1. The predicted molar refractivity (Wildman–Crippen MR) is 126 cm³/mol. The van der Waals surface area contributed by atoms with Crippen LogP contribution in [-0.4, -0.2) is 28.6 Å². The van der Waals surface area contributed by atoms with E-state index in [1.165, 1.54) is 10.3 Å². The second kappa shape index (κ2) is 8.77. The number of amides is 1. The van der Waals surface area contributed by atoms with Crippen LogP contribution in [-0.2, 0) is 17.6 Å². The molecule has 1 aliphatic rings. The summed E-state index contributed by atoms with van der Waals surface area (Å²) in [4.78, 5) is 16.6. The van der Waals surface area contributed by atoms with Crippen molar-refractivity contribution in [3.05, 3.63) is 70.9 Å². The number of carbonyl (C=O) groups is 1. The molecule has 0 radical (unpaired) electrons. The summed E-state index contributed by atoms with van der Waals surface area (Å²) in [5, 5.41) is 6.07. The van der Waals surface area contributed by atoms with Crippen molar-refractivity contribution >= 4 is 39.1 Å². The van der Waals surface area contributed by atoms with Crippen LogP contribution in [0.15, 0.2) is 58.3 Å². The van der Waals surface area contributed by atoms with Gasteiger partial charge in [0, 0.05) is 22.1 Å². The first-order chi connectivity index (χ1) is 15.2. The summed E-state index contributed by atoms with van der Waals surface area (Å²) in [6.07, 6.45) is 1.42. The van der Waals surface area contributed by atoms with E-state index in [1.54, 1.807) is 23.1 Å². The number of ether oxygens (including phenoxy) is 1. The highest BCUT2D eigenvalue weighted by Gasteiger charge is 2.26. The summed E-state index contributed by atoms with van der Waals surface area (Å²) >= 11 is 3.37. The Hall–Kier alpha value is -2.77. The molecule has 1 fully saturated rings. The fourth-order valence-electron chi connectivity index (χ4n) is 3.76. The van der Waals surface area contributed by atoms with Gasteiger partial charge in [-0.1, -0.05) is 24.3 Å². The molecule has 2 aromatic carbocycles. The van der Waals surface area contributed by atoms with E-state index in [-0.39, 0.29) is 11.2 Å². The molecule has 1 N–H and O–H groups in total. The number of benzene rings is 2. The molecule has 5 rings (SSSR count). The van der Waals surface area contributed by atoms with Gasteiger partial charge in [0.1, 0.15) is 11.5 Å². The number of thioether (sulfide) groups is 1. The average molecular weight is 451 g/mol. The molecule has 0 spiro atoms. The highest BCUT2D eigenvalue weighted by atomic mass is 32.2. The molecule has 0 bridgehead atoms. The minimum atomic E-state index is -0.00832. The van der Waals surface area contributed by atoms with Crippen LogP contribution < -0.4 is 10.1 Å². The van der Waals surface area contributed by atoms with Crippen molar-refractivity contribution in [3.8, 4) is 17.2 Å². The van der Waals surface area contributed by atoms with Crippen molar-refractivity contribution in [2.75, 3.05) is 12.5 Å². The number of fused-ring (bicyclic) bond motifs is 1. The number of hydrogen-bond acceptors (Lipinski definition) is 6. The topological polar surface area (TPSA) is 64.4 Å². The fraction of sp³-hybridized carbons (Fsp3) is 0.250. The molecule has 1 atom stereocenters. The van der Waals surface area contributed by atoms with Gasteiger partial charge in [-0.25, -0.2) is 4.98 Å². The summed E-state index contributed by atoms with van der Waals surface area (Å²) in [6, 6.07) is 16.1. The maximum absolute atomic E-state index is 11.9. The Labute approximate surface area is 188 Å². The van der Waals surface area contributed by atoms with Gasteiger partial charge in [-0.3, -0.25) is 4.79 Å². The van der Waals surface area contributed by atoms with Gasteiger partial charge in [0.25, 0.3) is 0 Å². The van der Waals surface area contributed by atoms with Crippen molar-refractivity contribution in [3.63, 3.8) is 0 Å². The zero-order valence-corrected chi connectivity index (χ0v) is 18.7. The molecule has 1 aliphatic heterocycles. The Morgan fingerprint density at radius 2 is 2.06 bits per heavy atom. The molecule has 0 saturated carbocycles. The molecule has 2 aromatic heterocycles. The van der Waals surface area contributed by atoms with E-state index in [4.69, 9.17) is 9.15 Å². The standard InChI is InChI=1S/C24H22N2O3S2/c1-15-19(26-24(29-15)16-5-3-2-4-6-16)9-11-28-20-8-7-17(22-18(20)10-12-30-22)13-21-23(27)25-14-31-21/h2-8,10,12,21H,9,11,13-14H2,1H3,(H,25,27). The zero-order chi connectivity index (χ0) is 21.2. The third kappa shape index (κ3) is 4.20. The van der Waals surface area contributed by atoms with Crippen LogP contribution in [0.2, 0.25) is 0 Å². The summed E-state index contributed by atoms with van der Waals surface area (Å²) in [5.74, 6) is 3.17. The van der Waals surface area contributed by atoms with Crippen LogP contribution in [0.1, 0.15) is 17.0 Å². The number of aromatic nitrogens is 1. The summed E-state index contributed by atoms with van der Waals surface area (Å²) in [7, 11) is 0. The van der Waals surface area contributed by atoms with E-state index in [0.717, 1.165) is 34.6 Å². The first-order valence-electron chi connectivity index (χ1n) is 10.2. The Morgan fingerprint density at radius 3 is 2.87 bits per heavy atom. The number of thiophene rings is 1. The summed E-state index contributed by atoms with van der Waals surface area (Å²) in [6.45, 7) is 2.46. The molecule has 158 valence electrons. The smallest absolute Gasteiger partial charge is 0.234 e. The lowest BCUT2D eigenvalue weighted by Gasteiger charge is -2.11. The maximum Gasteiger partial charge on any atom is 0.234 e. The minimum Gasteiger partial charge on any atom is -0.493 e. The molecule has 5 nitrogen and oxygen atoms in total. The number of hydrogen-bond donors (Lipinski definition) is 1. The van der Waals surface area contributed by atoms with Crippen molar-refractivity contribution < 1.29 is 13.9 Å². The molecule has 31 heavy (non-hydrogen) atoms. The second-order valence-electron chi connectivity index (χ2n) is 7.42. The number of nitrogens with one attached hydrogen (secondary N) is 1. The van der Waals surface area contributed by atoms with Crippen LogP contribution >= 0.6 is 23.1 Å². The third-order valence-electron chi connectivity index (χ3n) is 5.40. The molecule has 7 heteroatoms. The zero-order valence-electron chi connectivity index (χ0n) is 17.1. The third-order valence-corrected chi connectivity index (χ3v) is 7.48. The molecule has 4 aromatic rings. The van der Waals surface area contributed by atoms with Crippen LogP contribution in [0.5, 0.6) is 5.75 Å². The van der Waals surface area contributed by atoms with Crippen molar-refractivity contribution in [1.82, 2.24) is 10.3 Å². The Balaban J connectivity index is 1.28. The first-order valence-corrected chi connectivity index (χ1v) is 12.1. The Morgan fingerprint density at radius 1 is 1.19 bits per heavy atom. The van der Waals surface area contributed by atoms with Gasteiger partial charge in [-0.2, -0.15) is 0 Å².